The molecule has 0 aliphatic carbocycles. The molecule has 0 heterocycles. The summed E-state index contributed by atoms with van der Waals surface area (Å²) in [6.45, 7) is 6.78. The zero-order chi connectivity index (χ0) is 19.8. The quantitative estimate of drug-likeness (QED) is 0.402. The molecule has 0 saturated carbocycles. The summed E-state index contributed by atoms with van der Waals surface area (Å²) >= 11 is 0. The number of hydrogen-bond donors (Lipinski definition) is 2. The van der Waals surface area contributed by atoms with E-state index in [1.165, 1.54) is 12.1 Å². The molecular weight excluding hydrogens is 346 g/mol. The van der Waals surface area contributed by atoms with Crippen LogP contribution in [0.3, 0.4) is 0 Å². The van der Waals surface area contributed by atoms with E-state index in [9.17, 15) is 14.9 Å². The Morgan fingerprint density at radius 1 is 1.30 bits per heavy atom. The fourth-order valence-electron chi connectivity index (χ4n) is 2.60. The van der Waals surface area contributed by atoms with Crippen LogP contribution >= 0.6 is 0 Å². The molecule has 1 amide bonds. The molecule has 7 heteroatoms. The van der Waals surface area contributed by atoms with Gasteiger partial charge in [-0.3, -0.25) is 14.9 Å². The van der Waals surface area contributed by atoms with Crippen molar-refractivity contribution in [2.45, 2.75) is 13.5 Å². The molecule has 0 fully saturated rings. The molecule has 0 spiro atoms. The maximum atomic E-state index is 12.3. The van der Waals surface area contributed by atoms with Gasteiger partial charge in [-0.25, -0.2) is 0 Å². The molecule has 2 aromatic carbocycles. The van der Waals surface area contributed by atoms with E-state index in [1.807, 2.05) is 31.3 Å². The normalized spacial score (nSPS) is 11.5. The number of anilines is 1. The van der Waals surface area contributed by atoms with Gasteiger partial charge in [0.1, 0.15) is 18.9 Å². The van der Waals surface area contributed by atoms with Crippen molar-refractivity contribution < 1.29 is 19.4 Å². The van der Waals surface area contributed by atoms with Crippen LogP contribution in [0.2, 0.25) is 0 Å². The highest BCUT2D eigenvalue weighted by atomic mass is 16.6. The van der Waals surface area contributed by atoms with Crippen molar-refractivity contribution >= 4 is 17.3 Å². The van der Waals surface area contributed by atoms with E-state index in [-0.39, 0.29) is 18.1 Å². The van der Waals surface area contributed by atoms with Crippen molar-refractivity contribution in [3.8, 4) is 5.75 Å². The van der Waals surface area contributed by atoms with Crippen molar-refractivity contribution in [3.05, 3.63) is 76.4 Å². The van der Waals surface area contributed by atoms with Gasteiger partial charge in [-0.15, -0.1) is 0 Å². The Kier molecular flexibility index (Phi) is 7.08. The number of aryl methyl sites for hydroxylation is 1. The Labute approximate surface area is 158 Å². The minimum absolute atomic E-state index is 0.0460. The SMILES string of the molecule is C=CCOc1ccc(C[NH+](C)CC(=O)Nc2cc([N+](=O)[O-])ccc2C)cc1. The molecule has 1 unspecified atom stereocenters. The first kappa shape index (κ1) is 20.1. The van der Waals surface area contributed by atoms with E-state index in [2.05, 4.69) is 11.9 Å². The standard InChI is InChI=1S/C20H23N3O4/c1-4-11-27-18-9-6-16(7-10-18)13-22(3)14-20(24)21-19-12-17(23(25)26)8-5-15(19)2/h4-10,12H,1,11,13-14H2,2-3H3,(H,21,24)/p+1. The number of ether oxygens (including phenoxy) is 1. The van der Waals surface area contributed by atoms with E-state index in [1.54, 1.807) is 19.1 Å². The predicted molar refractivity (Wildman–Crippen MR) is 104 cm³/mol. The molecule has 1 atom stereocenters. The lowest BCUT2D eigenvalue weighted by molar-refractivity contribution is -0.885. The van der Waals surface area contributed by atoms with Crippen molar-refractivity contribution in [2.75, 3.05) is 25.5 Å². The van der Waals surface area contributed by atoms with E-state index < -0.39 is 4.92 Å². The van der Waals surface area contributed by atoms with Gasteiger partial charge >= 0.3 is 0 Å². The number of hydrogen-bond acceptors (Lipinski definition) is 4. The summed E-state index contributed by atoms with van der Waals surface area (Å²) in [5, 5.41) is 13.6. The summed E-state index contributed by atoms with van der Waals surface area (Å²) in [5.41, 5.74) is 2.28. The third-order valence-corrected chi connectivity index (χ3v) is 3.97. The fourth-order valence-corrected chi connectivity index (χ4v) is 2.60. The summed E-state index contributed by atoms with van der Waals surface area (Å²) in [6.07, 6.45) is 1.69. The van der Waals surface area contributed by atoms with Gasteiger partial charge in [0.2, 0.25) is 0 Å². The molecule has 0 bridgehead atoms. The number of likely N-dealkylation sites (N-methyl/N-ethyl adjacent to an activating group) is 1. The van der Waals surface area contributed by atoms with E-state index >= 15 is 0 Å². The third-order valence-electron chi connectivity index (χ3n) is 3.97. The zero-order valence-electron chi connectivity index (χ0n) is 15.5. The van der Waals surface area contributed by atoms with Crippen LogP contribution in [0, 0.1) is 17.0 Å². The van der Waals surface area contributed by atoms with E-state index in [4.69, 9.17) is 4.74 Å². The second-order valence-corrected chi connectivity index (χ2v) is 6.36. The Hall–Kier alpha value is -3.19. The number of non-ortho nitro benzene ring substituents is 1. The zero-order valence-corrected chi connectivity index (χ0v) is 15.5. The Morgan fingerprint density at radius 3 is 2.63 bits per heavy atom. The molecular formula is C20H24N3O4+. The topological polar surface area (TPSA) is 85.9 Å². The van der Waals surface area contributed by atoms with Crippen LogP contribution < -0.4 is 15.0 Å². The largest absolute Gasteiger partial charge is 0.490 e. The second-order valence-electron chi connectivity index (χ2n) is 6.36. The van der Waals surface area contributed by atoms with Crippen LogP contribution in [0.5, 0.6) is 5.75 Å². The Morgan fingerprint density at radius 2 is 2.00 bits per heavy atom. The minimum atomic E-state index is -0.477. The summed E-state index contributed by atoms with van der Waals surface area (Å²) in [5.74, 6) is 0.581. The smallest absolute Gasteiger partial charge is 0.279 e. The molecule has 2 aromatic rings. The first-order valence-corrected chi connectivity index (χ1v) is 8.58. The first-order valence-electron chi connectivity index (χ1n) is 8.58. The number of amides is 1. The molecule has 7 nitrogen and oxygen atoms in total. The highest BCUT2D eigenvalue weighted by Crippen LogP contribution is 2.21. The summed E-state index contributed by atoms with van der Waals surface area (Å²) in [4.78, 5) is 23.7. The van der Waals surface area contributed by atoms with Crippen LogP contribution in [0.4, 0.5) is 11.4 Å². The van der Waals surface area contributed by atoms with Crippen molar-refractivity contribution in [2.24, 2.45) is 0 Å². The number of carbonyl (C=O) groups is 1. The predicted octanol–water partition coefficient (Wildman–Crippen LogP) is 2.12. The maximum Gasteiger partial charge on any atom is 0.279 e. The van der Waals surface area contributed by atoms with Gasteiger partial charge in [0.05, 0.1) is 17.7 Å². The summed E-state index contributed by atoms with van der Waals surface area (Å²) < 4.78 is 5.45. The lowest BCUT2D eigenvalue weighted by Gasteiger charge is -2.15. The van der Waals surface area contributed by atoms with Crippen molar-refractivity contribution in [1.82, 2.24) is 0 Å². The number of nitro benzene ring substituents is 1. The van der Waals surface area contributed by atoms with Gasteiger partial charge < -0.3 is 15.0 Å². The second kappa shape index (κ2) is 9.49. The number of benzene rings is 2. The highest BCUT2D eigenvalue weighted by molar-refractivity contribution is 5.92. The molecule has 142 valence electrons. The monoisotopic (exact) mass is 370 g/mol. The van der Waals surface area contributed by atoms with Gasteiger partial charge in [0.15, 0.2) is 6.54 Å². The Bertz CT molecular complexity index is 818. The van der Waals surface area contributed by atoms with Gasteiger partial charge in [-0.2, -0.15) is 0 Å². The van der Waals surface area contributed by atoms with E-state index in [0.29, 0.717) is 18.8 Å². The van der Waals surface area contributed by atoms with Gasteiger partial charge in [-0.1, -0.05) is 18.7 Å². The maximum absolute atomic E-state index is 12.3. The molecule has 0 aliphatic rings. The van der Waals surface area contributed by atoms with Gasteiger partial charge in [-0.05, 0) is 36.8 Å². The Balaban J connectivity index is 1.91. The third kappa shape index (κ3) is 6.23. The van der Waals surface area contributed by atoms with Gasteiger partial charge in [0, 0.05) is 17.7 Å². The molecule has 27 heavy (non-hydrogen) atoms. The number of nitrogens with one attached hydrogen (secondary N) is 2. The lowest BCUT2D eigenvalue weighted by Crippen LogP contribution is -3.08. The number of nitrogens with zero attached hydrogens (tertiary/aromatic N) is 1. The van der Waals surface area contributed by atoms with Crippen LogP contribution in [0.15, 0.2) is 55.1 Å². The molecule has 2 N–H and O–H groups in total. The van der Waals surface area contributed by atoms with Crippen LogP contribution in [-0.4, -0.2) is 31.0 Å². The average molecular weight is 370 g/mol. The van der Waals surface area contributed by atoms with E-state index in [0.717, 1.165) is 21.8 Å². The molecule has 0 aromatic heterocycles. The first-order chi connectivity index (χ1) is 12.9. The average Bonchev–Trinajstić information content (AvgIpc) is 2.62. The number of carbonyl (C=O) groups excluding carboxylic acids is 1. The minimum Gasteiger partial charge on any atom is -0.490 e. The molecule has 0 aliphatic heterocycles. The number of rotatable bonds is 9. The van der Waals surface area contributed by atoms with Crippen LogP contribution in [-0.2, 0) is 11.3 Å². The number of nitro groups is 1. The fraction of sp³-hybridized carbons (Fsp3) is 0.250. The molecule has 0 radical (unpaired) electrons. The summed E-state index contributed by atoms with van der Waals surface area (Å²) in [6, 6.07) is 12.1. The molecule has 0 saturated heterocycles. The molecule has 2 rings (SSSR count). The van der Waals surface area contributed by atoms with Crippen LogP contribution in [0.1, 0.15) is 11.1 Å². The van der Waals surface area contributed by atoms with Crippen molar-refractivity contribution in [1.29, 1.82) is 0 Å². The number of quaternary nitrogens is 1. The van der Waals surface area contributed by atoms with Crippen LogP contribution in [0.25, 0.3) is 0 Å². The summed E-state index contributed by atoms with van der Waals surface area (Å²) in [7, 11) is 1.92. The van der Waals surface area contributed by atoms with Gasteiger partial charge in [0.25, 0.3) is 11.6 Å². The highest BCUT2D eigenvalue weighted by Gasteiger charge is 2.14. The van der Waals surface area contributed by atoms with Crippen molar-refractivity contribution in [3.63, 3.8) is 0 Å². The lowest BCUT2D eigenvalue weighted by atomic mass is 10.2.